The number of nitrogens with two attached hydrogens (primary N) is 2. The molecule has 0 unspecified atom stereocenters. The van der Waals surface area contributed by atoms with Crippen LogP contribution in [0.4, 0.5) is 0 Å². The predicted octanol–water partition coefficient (Wildman–Crippen LogP) is 0.251. The van der Waals surface area contributed by atoms with Gasteiger partial charge in [-0.15, -0.1) is 0 Å². The summed E-state index contributed by atoms with van der Waals surface area (Å²) in [7, 11) is 3.29. The van der Waals surface area contributed by atoms with Gasteiger partial charge in [-0.3, -0.25) is 9.59 Å². The fourth-order valence-corrected chi connectivity index (χ4v) is 2.30. The summed E-state index contributed by atoms with van der Waals surface area (Å²) in [4.78, 5) is 25.4. The number of amides is 1. The molecule has 138 valence electrons. The van der Waals surface area contributed by atoms with Crippen molar-refractivity contribution in [2.75, 3.05) is 20.7 Å². The molecule has 8 nitrogen and oxygen atoms in total. The quantitative estimate of drug-likeness (QED) is 0.333. The lowest BCUT2D eigenvalue weighted by atomic mass is 10.1. The van der Waals surface area contributed by atoms with Gasteiger partial charge in [0.1, 0.15) is 11.6 Å². The summed E-state index contributed by atoms with van der Waals surface area (Å²) in [6.45, 7) is 2.11. The van der Waals surface area contributed by atoms with Crippen molar-refractivity contribution in [3.8, 4) is 5.75 Å². The van der Waals surface area contributed by atoms with Crippen LogP contribution >= 0.6 is 0 Å². The normalized spacial score (nSPS) is 11.3. The first kappa shape index (κ1) is 19.0. The van der Waals surface area contributed by atoms with Crippen LogP contribution in [0, 0.1) is 6.92 Å². The molecule has 26 heavy (non-hydrogen) atoms. The van der Waals surface area contributed by atoms with Gasteiger partial charge in [-0.1, -0.05) is 24.3 Å². The lowest BCUT2D eigenvalue weighted by molar-refractivity contribution is -0.130. The second-order valence-corrected chi connectivity index (χ2v) is 6.04. The van der Waals surface area contributed by atoms with E-state index < -0.39 is 0 Å². The number of hydrogen-bond donors (Lipinski definition) is 2. The molecule has 0 atom stereocenters. The monoisotopic (exact) mass is 357 g/mol. The van der Waals surface area contributed by atoms with Crippen LogP contribution in [0.25, 0.3) is 0 Å². The number of aryl methyl sites for hydroxylation is 1. The molecule has 0 aliphatic heterocycles. The molecule has 8 heteroatoms. The van der Waals surface area contributed by atoms with Gasteiger partial charge in [0, 0.05) is 31.4 Å². The van der Waals surface area contributed by atoms with E-state index in [0.29, 0.717) is 12.3 Å². The molecular weight excluding hydrogens is 334 g/mol. The van der Waals surface area contributed by atoms with Gasteiger partial charge in [-0.2, -0.15) is 5.10 Å². The number of nitrogens with zero attached hydrogens (tertiary/aromatic N) is 3. The van der Waals surface area contributed by atoms with Crippen LogP contribution in [0.3, 0.4) is 0 Å². The van der Waals surface area contributed by atoms with E-state index in [2.05, 4.69) is 5.10 Å². The third-order valence-corrected chi connectivity index (χ3v) is 3.90. The fourth-order valence-electron chi connectivity index (χ4n) is 2.30. The molecular formula is C18H23N5O3. The SMILES string of the molecule is Cc1cc(OCC(=O)N(C)C)cc(=O)n1Cc1ccc(/C(N)=N/N)cc1. The number of aromatic nitrogens is 1. The number of hydrazone groups is 1. The van der Waals surface area contributed by atoms with E-state index in [1.165, 1.54) is 11.0 Å². The molecule has 0 spiro atoms. The van der Waals surface area contributed by atoms with Crippen LogP contribution < -0.4 is 21.9 Å². The number of hydrogen-bond acceptors (Lipinski definition) is 5. The molecule has 0 saturated carbocycles. The van der Waals surface area contributed by atoms with Gasteiger partial charge >= 0.3 is 0 Å². The zero-order chi connectivity index (χ0) is 19.3. The highest BCUT2D eigenvalue weighted by Gasteiger charge is 2.09. The number of likely N-dealkylation sites (N-methyl/N-ethyl adjacent to an activating group) is 1. The Morgan fingerprint density at radius 3 is 2.42 bits per heavy atom. The van der Waals surface area contributed by atoms with Gasteiger partial charge < -0.3 is 25.8 Å². The van der Waals surface area contributed by atoms with Crippen LogP contribution in [0.1, 0.15) is 16.8 Å². The first-order valence-electron chi connectivity index (χ1n) is 7.99. The largest absolute Gasteiger partial charge is 0.484 e. The summed E-state index contributed by atoms with van der Waals surface area (Å²) in [6, 6.07) is 10.4. The summed E-state index contributed by atoms with van der Waals surface area (Å²) < 4.78 is 7.03. The van der Waals surface area contributed by atoms with E-state index in [9.17, 15) is 9.59 Å². The molecule has 0 fully saturated rings. The number of amidine groups is 1. The molecule has 0 saturated heterocycles. The van der Waals surface area contributed by atoms with E-state index in [-0.39, 0.29) is 23.9 Å². The van der Waals surface area contributed by atoms with E-state index in [4.69, 9.17) is 16.3 Å². The second-order valence-electron chi connectivity index (χ2n) is 6.04. The Labute approximate surface area is 151 Å². The zero-order valence-electron chi connectivity index (χ0n) is 15.1. The first-order chi connectivity index (χ1) is 12.3. The molecule has 0 bridgehead atoms. The Kier molecular flexibility index (Phi) is 6.00. The molecule has 0 aliphatic carbocycles. The zero-order valence-corrected chi connectivity index (χ0v) is 15.1. The maximum atomic E-state index is 12.4. The van der Waals surface area contributed by atoms with E-state index >= 15 is 0 Å². The molecule has 1 aromatic heterocycles. The number of rotatable bonds is 6. The van der Waals surface area contributed by atoms with Crippen molar-refractivity contribution in [2.45, 2.75) is 13.5 Å². The molecule has 1 aromatic carbocycles. The third-order valence-electron chi connectivity index (χ3n) is 3.90. The fraction of sp³-hybridized carbons (Fsp3) is 0.278. The Balaban J connectivity index is 2.15. The number of carbonyl (C=O) groups is 1. The molecule has 2 rings (SSSR count). The summed E-state index contributed by atoms with van der Waals surface area (Å²) >= 11 is 0. The topological polar surface area (TPSA) is 116 Å². The maximum Gasteiger partial charge on any atom is 0.259 e. The highest BCUT2D eigenvalue weighted by atomic mass is 16.5. The second kappa shape index (κ2) is 8.19. The molecule has 0 radical (unpaired) electrons. The van der Waals surface area contributed by atoms with Crippen molar-refractivity contribution in [2.24, 2.45) is 16.7 Å². The minimum atomic E-state index is -0.204. The summed E-state index contributed by atoms with van der Waals surface area (Å²) in [5.74, 6) is 5.61. The van der Waals surface area contributed by atoms with Gasteiger partial charge in [0.25, 0.3) is 11.5 Å². The van der Waals surface area contributed by atoms with E-state index in [0.717, 1.165) is 16.8 Å². The number of benzene rings is 1. The summed E-state index contributed by atoms with van der Waals surface area (Å²) in [6.07, 6.45) is 0. The van der Waals surface area contributed by atoms with Gasteiger partial charge in [0.05, 0.1) is 6.54 Å². The average Bonchev–Trinajstić information content (AvgIpc) is 2.62. The van der Waals surface area contributed by atoms with Crippen molar-refractivity contribution in [1.29, 1.82) is 0 Å². The lowest BCUT2D eigenvalue weighted by Gasteiger charge is -2.14. The van der Waals surface area contributed by atoms with Crippen LogP contribution in [-0.4, -0.2) is 41.9 Å². The van der Waals surface area contributed by atoms with Crippen LogP contribution in [0.5, 0.6) is 5.75 Å². The summed E-state index contributed by atoms with van der Waals surface area (Å²) in [5.41, 5.74) is 7.84. The Morgan fingerprint density at radius 2 is 1.88 bits per heavy atom. The van der Waals surface area contributed by atoms with Crippen LogP contribution in [0.2, 0.25) is 0 Å². The minimum absolute atomic E-state index is 0.110. The standard InChI is InChI=1S/C18H23N5O3/c1-12-8-15(26-11-17(25)22(2)3)9-16(24)23(12)10-13-4-6-14(7-5-13)18(19)21-20/h4-9H,10-11,20H2,1-3H3,(H2,19,21). The number of ether oxygens (including phenoxy) is 1. The molecule has 0 aliphatic rings. The highest BCUT2D eigenvalue weighted by Crippen LogP contribution is 2.12. The van der Waals surface area contributed by atoms with E-state index in [1.54, 1.807) is 36.9 Å². The molecule has 1 heterocycles. The average molecular weight is 357 g/mol. The maximum absolute atomic E-state index is 12.4. The Morgan fingerprint density at radius 1 is 1.23 bits per heavy atom. The summed E-state index contributed by atoms with van der Waals surface area (Å²) in [5, 5.41) is 3.45. The number of carbonyl (C=O) groups excluding carboxylic acids is 1. The van der Waals surface area contributed by atoms with Gasteiger partial charge in [0.15, 0.2) is 6.61 Å². The van der Waals surface area contributed by atoms with Crippen LogP contribution in [0.15, 0.2) is 46.3 Å². The third kappa shape index (κ3) is 4.62. The van der Waals surface area contributed by atoms with Gasteiger partial charge in [-0.25, -0.2) is 0 Å². The molecule has 4 N–H and O–H groups in total. The molecule has 1 amide bonds. The van der Waals surface area contributed by atoms with Crippen molar-refractivity contribution in [3.63, 3.8) is 0 Å². The van der Waals surface area contributed by atoms with Crippen molar-refractivity contribution in [3.05, 3.63) is 63.6 Å². The Hall–Kier alpha value is -3.29. The van der Waals surface area contributed by atoms with Crippen LogP contribution in [-0.2, 0) is 11.3 Å². The van der Waals surface area contributed by atoms with Crippen molar-refractivity contribution >= 4 is 11.7 Å². The van der Waals surface area contributed by atoms with Crippen molar-refractivity contribution in [1.82, 2.24) is 9.47 Å². The predicted molar refractivity (Wildman–Crippen MR) is 100 cm³/mol. The van der Waals surface area contributed by atoms with E-state index in [1.807, 2.05) is 19.1 Å². The minimum Gasteiger partial charge on any atom is -0.484 e. The number of pyridine rings is 1. The van der Waals surface area contributed by atoms with Gasteiger partial charge in [-0.05, 0) is 18.6 Å². The van der Waals surface area contributed by atoms with Gasteiger partial charge in [0.2, 0.25) is 0 Å². The lowest BCUT2D eigenvalue weighted by Crippen LogP contribution is -2.28. The highest BCUT2D eigenvalue weighted by molar-refractivity contribution is 5.97. The van der Waals surface area contributed by atoms with Crippen molar-refractivity contribution < 1.29 is 9.53 Å². The Bertz CT molecular complexity index is 869. The molecule has 2 aromatic rings. The first-order valence-corrected chi connectivity index (χ1v) is 7.99. The smallest absolute Gasteiger partial charge is 0.259 e.